The maximum atomic E-state index is 4.33. The topological polar surface area (TPSA) is 37.8 Å². The van der Waals surface area contributed by atoms with Crippen molar-refractivity contribution in [1.82, 2.24) is 15.3 Å². The predicted octanol–water partition coefficient (Wildman–Crippen LogP) is 2.73. The molecule has 0 aliphatic rings. The van der Waals surface area contributed by atoms with Crippen LogP contribution in [0.5, 0.6) is 0 Å². The van der Waals surface area contributed by atoms with Gasteiger partial charge in [0.1, 0.15) is 5.82 Å². The van der Waals surface area contributed by atoms with Crippen molar-refractivity contribution >= 4 is 15.9 Å². The van der Waals surface area contributed by atoms with E-state index in [9.17, 15) is 0 Å². The smallest absolute Gasteiger partial charge is 0.132 e. The average Bonchev–Trinajstić information content (AvgIpc) is 2.26. The standard InChI is InChI=1S/C11H18BrN3/c1-4-10(13-5-2)8(3)11-14-6-9(12)7-15-11/h6-8,10,13H,4-5H2,1-3H3. The molecule has 0 saturated heterocycles. The Morgan fingerprint density at radius 3 is 2.40 bits per heavy atom. The molecule has 0 aliphatic heterocycles. The third kappa shape index (κ3) is 3.54. The second-order valence-corrected chi connectivity index (χ2v) is 4.54. The molecule has 2 unspecified atom stereocenters. The zero-order valence-electron chi connectivity index (χ0n) is 9.50. The van der Waals surface area contributed by atoms with Crippen molar-refractivity contribution in [2.45, 2.75) is 39.2 Å². The summed E-state index contributed by atoms with van der Waals surface area (Å²) in [5.74, 6) is 1.26. The molecule has 0 radical (unpaired) electrons. The first-order valence-corrected chi connectivity index (χ1v) is 6.19. The van der Waals surface area contributed by atoms with E-state index in [4.69, 9.17) is 0 Å². The van der Waals surface area contributed by atoms with Crippen LogP contribution in [-0.2, 0) is 0 Å². The molecule has 1 aromatic heterocycles. The van der Waals surface area contributed by atoms with Crippen LogP contribution < -0.4 is 5.32 Å². The first-order chi connectivity index (χ1) is 7.19. The van der Waals surface area contributed by atoms with Gasteiger partial charge in [-0.2, -0.15) is 0 Å². The van der Waals surface area contributed by atoms with Crippen molar-refractivity contribution in [1.29, 1.82) is 0 Å². The molecule has 0 aliphatic carbocycles. The molecule has 2 atom stereocenters. The van der Waals surface area contributed by atoms with Gasteiger partial charge in [-0.3, -0.25) is 0 Å². The van der Waals surface area contributed by atoms with Gasteiger partial charge < -0.3 is 5.32 Å². The number of nitrogens with zero attached hydrogens (tertiary/aromatic N) is 2. The van der Waals surface area contributed by atoms with Crippen molar-refractivity contribution in [2.24, 2.45) is 0 Å². The van der Waals surface area contributed by atoms with Crippen LogP contribution in [0.3, 0.4) is 0 Å². The highest BCUT2D eigenvalue weighted by molar-refractivity contribution is 9.10. The van der Waals surface area contributed by atoms with Crippen molar-refractivity contribution in [3.63, 3.8) is 0 Å². The lowest BCUT2D eigenvalue weighted by atomic mass is 9.99. The van der Waals surface area contributed by atoms with E-state index in [1.54, 1.807) is 12.4 Å². The molecule has 1 rings (SSSR count). The van der Waals surface area contributed by atoms with Crippen molar-refractivity contribution < 1.29 is 0 Å². The summed E-state index contributed by atoms with van der Waals surface area (Å²) in [6.45, 7) is 7.46. The summed E-state index contributed by atoms with van der Waals surface area (Å²) in [6, 6.07) is 0.455. The molecular formula is C11H18BrN3. The maximum absolute atomic E-state index is 4.33. The highest BCUT2D eigenvalue weighted by Gasteiger charge is 2.18. The van der Waals surface area contributed by atoms with Crippen LogP contribution in [0.1, 0.15) is 38.9 Å². The first kappa shape index (κ1) is 12.6. The lowest BCUT2D eigenvalue weighted by Gasteiger charge is -2.22. The van der Waals surface area contributed by atoms with Gasteiger partial charge >= 0.3 is 0 Å². The Morgan fingerprint density at radius 2 is 1.93 bits per heavy atom. The van der Waals surface area contributed by atoms with Crippen molar-refractivity contribution in [2.75, 3.05) is 6.54 Å². The quantitative estimate of drug-likeness (QED) is 0.895. The lowest BCUT2D eigenvalue weighted by Crippen LogP contribution is -2.33. The summed E-state index contributed by atoms with van der Waals surface area (Å²) in [7, 11) is 0. The third-order valence-electron chi connectivity index (χ3n) is 2.56. The summed E-state index contributed by atoms with van der Waals surface area (Å²) in [6.07, 6.45) is 4.70. The monoisotopic (exact) mass is 271 g/mol. The highest BCUT2D eigenvalue weighted by atomic mass is 79.9. The fourth-order valence-electron chi connectivity index (χ4n) is 1.67. The molecule has 3 nitrogen and oxygen atoms in total. The summed E-state index contributed by atoms with van der Waals surface area (Å²) >= 11 is 3.34. The van der Waals surface area contributed by atoms with E-state index in [0.717, 1.165) is 23.3 Å². The Morgan fingerprint density at radius 1 is 1.33 bits per heavy atom. The zero-order chi connectivity index (χ0) is 11.3. The van der Waals surface area contributed by atoms with E-state index < -0.39 is 0 Å². The molecule has 0 fully saturated rings. The largest absolute Gasteiger partial charge is 0.314 e. The van der Waals surface area contributed by atoms with Gasteiger partial charge in [0.25, 0.3) is 0 Å². The van der Waals surface area contributed by atoms with Crippen LogP contribution in [0.2, 0.25) is 0 Å². The molecule has 0 saturated carbocycles. The Balaban J connectivity index is 2.73. The molecule has 0 aromatic carbocycles. The van der Waals surface area contributed by atoms with E-state index in [0.29, 0.717) is 12.0 Å². The van der Waals surface area contributed by atoms with Crippen molar-refractivity contribution in [3.05, 3.63) is 22.7 Å². The lowest BCUT2D eigenvalue weighted by molar-refractivity contribution is 0.435. The number of hydrogen-bond donors (Lipinski definition) is 1. The molecular weight excluding hydrogens is 254 g/mol. The number of hydrogen-bond acceptors (Lipinski definition) is 3. The summed E-state index contributed by atoms with van der Waals surface area (Å²) in [5.41, 5.74) is 0. The fourth-order valence-corrected chi connectivity index (χ4v) is 1.88. The normalized spacial score (nSPS) is 14.9. The Bertz CT molecular complexity index is 286. The average molecular weight is 272 g/mol. The Labute approximate surface area is 99.8 Å². The highest BCUT2D eigenvalue weighted by Crippen LogP contribution is 2.18. The molecule has 0 spiro atoms. The summed E-state index contributed by atoms with van der Waals surface area (Å²) in [5, 5.41) is 3.45. The van der Waals surface area contributed by atoms with Gasteiger partial charge in [0.05, 0.1) is 4.47 Å². The van der Waals surface area contributed by atoms with Gasteiger partial charge in [-0.05, 0) is 28.9 Å². The minimum Gasteiger partial charge on any atom is -0.314 e. The van der Waals surface area contributed by atoms with Crippen LogP contribution in [0.15, 0.2) is 16.9 Å². The summed E-state index contributed by atoms with van der Waals surface area (Å²) in [4.78, 5) is 8.66. The summed E-state index contributed by atoms with van der Waals surface area (Å²) < 4.78 is 0.926. The van der Waals surface area contributed by atoms with Crippen molar-refractivity contribution in [3.8, 4) is 0 Å². The van der Waals surface area contributed by atoms with E-state index in [1.807, 2.05) is 0 Å². The van der Waals surface area contributed by atoms with Crippen LogP contribution in [0, 0.1) is 0 Å². The molecule has 4 heteroatoms. The van der Waals surface area contributed by atoms with E-state index in [1.165, 1.54) is 0 Å². The number of halogens is 1. The maximum Gasteiger partial charge on any atom is 0.132 e. The molecule has 15 heavy (non-hydrogen) atoms. The van der Waals surface area contributed by atoms with E-state index >= 15 is 0 Å². The van der Waals surface area contributed by atoms with Crippen LogP contribution in [0.25, 0.3) is 0 Å². The zero-order valence-corrected chi connectivity index (χ0v) is 11.1. The SMILES string of the molecule is CCNC(CC)C(C)c1ncc(Br)cn1. The second-order valence-electron chi connectivity index (χ2n) is 3.62. The minimum absolute atomic E-state index is 0.350. The Kier molecular flexibility index (Phi) is 5.19. The third-order valence-corrected chi connectivity index (χ3v) is 2.97. The predicted molar refractivity (Wildman–Crippen MR) is 65.9 cm³/mol. The van der Waals surface area contributed by atoms with Crippen LogP contribution >= 0.6 is 15.9 Å². The number of rotatable bonds is 5. The van der Waals surface area contributed by atoms with E-state index in [2.05, 4.69) is 52.0 Å². The first-order valence-electron chi connectivity index (χ1n) is 5.39. The fraction of sp³-hybridized carbons (Fsp3) is 0.636. The minimum atomic E-state index is 0.350. The van der Waals surface area contributed by atoms with Gasteiger partial charge in [-0.1, -0.05) is 20.8 Å². The number of aromatic nitrogens is 2. The van der Waals surface area contributed by atoms with Crippen LogP contribution in [0.4, 0.5) is 0 Å². The van der Waals surface area contributed by atoms with Gasteiger partial charge in [0, 0.05) is 24.4 Å². The van der Waals surface area contributed by atoms with E-state index in [-0.39, 0.29) is 0 Å². The van der Waals surface area contributed by atoms with Gasteiger partial charge in [-0.15, -0.1) is 0 Å². The molecule has 0 amide bonds. The Hall–Kier alpha value is -0.480. The van der Waals surface area contributed by atoms with Gasteiger partial charge in [0.15, 0.2) is 0 Å². The molecule has 1 aromatic rings. The number of nitrogens with one attached hydrogen (secondary N) is 1. The molecule has 1 N–H and O–H groups in total. The molecule has 1 heterocycles. The molecule has 0 bridgehead atoms. The van der Waals surface area contributed by atoms with Gasteiger partial charge in [0.2, 0.25) is 0 Å². The second kappa shape index (κ2) is 6.18. The molecule has 84 valence electrons. The van der Waals surface area contributed by atoms with Crippen LogP contribution in [-0.4, -0.2) is 22.6 Å². The number of likely N-dealkylation sites (N-methyl/N-ethyl adjacent to an activating group) is 1. The van der Waals surface area contributed by atoms with Gasteiger partial charge in [-0.25, -0.2) is 9.97 Å².